The molecule has 1 aromatic rings. The molecule has 0 saturated carbocycles. The van der Waals surface area contributed by atoms with E-state index in [9.17, 15) is 4.79 Å². The Hall–Kier alpha value is -1.31. The molecule has 1 aliphatic rings. The molecule has 1 saturated heterocycles. The molecule has 0 spiro atoms. The van der Waals surface area contributed by atoms with E-state index in [-0.39, 0.29) is 5.91 Å². The van der Waals surface area contributed by atoms with E-state index >= 15 is 0 Å². The smallest absolute Gasteiger partial charge is 0.219 e. The molecule has 0 atom stereocenters. The monoisotopic (exact) mass is 231 g/mol. The summed E-state index contributed by atoms with van der Waals surface area (Å²) in [6.07, 6.45) is 3.30. The maximum atomic E-state index is 11.3. The topological polar surface area (TPSA) is 20.3 Å². The van der Waals surface area contributed by atoms with Crippen molar-refractivity contribution in [1.82, 2.24) is 4.90 Å². The van der Waals surface area contributed by atoms with Crippen molar-refractivity contribution in [2.75, 3.05) is 13.1 Å². The maximum absolute atomic E-state index is 11.3. The van der Waals surface area contributed by atoms with Crippen molar-refractivity contribution in [2.45, 2.75) is 39.0 Å². The van der Waals surface area contributed by atoms with Gasteiger partial charge in [-0.3, -0.25) is 4.79 Å². The van der Waals surface area contributed by atoms with Gasteiger partial charge in [-0.15, -0.1) is 0 Å². The Labute approximate surface area is 104 Å². The number of likely N-dealkylation sites (tertiary alicyclic amines) is 1. The molecule has 0 aromatic heterocycles. The lowest BCUT2D eigenvalue weighted by atomic mass is 9.89. The SMILES string of the molecule is CCc1ccc(C2CCN(C(C)=O)CC2)cc1. The van der Waals surface area contributed by atoms with E-state index in [1.165, 1.54) is 11.1 Å². The zero-order valence-corrected chi connectivity index (χ0v) is 10.8. The third-order valence-corrected chi connectivity index (χ3v) is 3.80. The van der Waals surface area contributed by atoms with Crippen molar-refractivity contribution in [2.24, 2.45) is 0 Å². The molecule has 1 amide bonds. The van der Waals surface area contributed by atoms with Crippen LogP contribution in [-0.4, -0.2) is 23.9 Å². The first-order chi connectivity index (χ1) is 8.20. The van der Waals surface area contributed by atoms with Crippen LogP contribution in [0.3, 0.4) is 0 Å². The molecule has 1 aliphatic heterocycles. The molecule has 2 nitrogen and oxygen atoms in total. The van der Waals surface area contributed by atoms with E-state index < -0.39 is 0 Å². The molecule has 92 valence electrons. The zero-order valence-electron chi connectivity index (χ0n) is 10.8. The van der Waals surface area contributed by atoms with Gasteiger partial charge in [-0.1, -0.05) is 31.2 Å². The van der Waals surface area contributed by atoms with Crippen LogP contribution in [0.15, 0.2) is 24.3 Å². The van der Waals surface area contributed by atoms with E-state index in [0.717, 1.165) is 32.4 Å². The van der Waals surface area contributed by atoms with Crippen molar-refractivity contribution in [3.8, 4) is 0 Å². The minimum Gasteiger partial charge on any atom is -0.343 e. The molecule has 1 heterocycles. The van der Waals surface area contributed by atoms with Crippen LogP contribution in [0.2, 0.25) is 0 Å². The fourth-order valence-electron chi connectivity index (χ4n) is 2.55. The Bertz CT molecular complexity index is 374. The van der Waals surface area contributed by atoms with Gasteiger partial charge >= 0.3 is 0 Å². The Morgan fingerprint density at radius 3 is 2.29 bits per heavy atom. The van der Waals surface area contributed by atoms with Gasteiger partial charge in [-0.25, -0.2) is 0 Å². The Kier molecular flexibility index (Phi) is 3.82. The van der Waals surface area contributed by atoms with E-state index in [1.807, 2.05) is 4.90 Å². The lowest BCUT2D eigenvalue weighted by Gasteiger charge is -2.31. The van der Waals surface area contributed by atoms with Crippen LogP contribution >= 0.6 is 0 Å². The predicted molar refractivity (Wildman–Crippen MR) is 70.0 cm³/mol. The molecule has 1 fully saturated rings. The van der Waals surface area contributed by atoms with Gasteiger partial charge in [0.05, 0.1) is 0 Å². The van der Waals surface area contributed by atoms with Crippen molar-refractivity contribution < 1.29 is 4.79 Å². The van der Waals surface area contributed by atoms with E-state index in [4.69, 9.17) is 0 Å². The Morgan fingerprint density at radius 2 is 1.82 bits per heavy atom. The second-order valence-corrected chi connectivity index (χ2v) is 4.88. The largest absolute Gasteiger partial charge is 0.343 e. The van der Waals surface area contributed by atoms with E-state index in [1.54, 1.807) is 6.92 Å². The first kappa shape index (κ1) is 12.2. The van der Waals surface area contributed by atoms with Gasteiger partial charge in [0.15, 0.2) is 0 Å². The first-order valence-corrected chi connectivity index (χ1v) is 6.55. The molecular weight excluding hydrogens is 210 g/mol. The molecule has 0 bridgehead atoms. The first-order valence-electron chi connectivity index (χ1n) is 6.55. The molecule has 2 rings (SSSR count). The second kappa shape index (κ2) is 5.35. The number of hydrogen-bond acceptors (Lipinski definition) is 1. The van der Waals surface area contributed by atoms with Crippen LogP contribution in [0.5, 0.6) is 0 Å². The van der Waals surface area contributed by atoms with Crippen molar-refractivity contribution in [3.63, 3.8) is 0 Å². The summed E-state index contributed by atoms with van der Waals surface area (Å²) in [5.74, 6) is 0.848. The summed E-state index contributed by atoms with van der Waals surface area (Å²) in [4.78, 5) is 13.2. The molecule has 0 aliphatic carbocycles. The van der Waals surface area contributed by atoms with Gasteiger partial charge in [0.25, 0.3) is 0 Å². The summed E-state index contributed by atoms with van der Waals surface area (Å²) in [5.41, 5.74) is 2.83. The number of rotatable bonds is 2. The number of amides is 1. The van der Waals surface area contributed by atoms with Crippen LogP contribution in [0.25, 0.3) is 0 Å². The van der Waals surface area contributed by atoms with Crippen LogP contribution in [0, 0.1) is 0 Å². The molecule has 0 unspecified atom stereocenters. The zero-order chi connectivity index (χ0) is 12.3. The molecular formula is C15H21NO. The third kappa shape index (κ3) is 2.87. The highest BCUT2D eigenvalue weighted by molar-refractivity contribution is 5.73. The summed E-state index contributed by atoms with van der Waals surface area (Å²) in [7, 11) is 0. The van der Waals surface area contributed by atoms with Crippen molar-refractivity contribution >= 4 is 5.91 Å². The van der Waals surface area contributed by atoms with Gasteiger partial charge in [-0.2, -0.15) is 0 Å². The average molecular weight is 231 g/mol. The predicted octanol–water partition coefficient (Wildman–Crippen LogP) is 2.97. The third-order valence-electron chi connectivity index (χ3n) is 3.80. The number of piperidine rings is 1. The molecule has 0 N–H and O–H groups in total. The van der Waals surface area contributed by atoms with E-state index in [0.29, 0.717) is 5.92 Å². The fraction of sp³-hybridized carbons (Fsp3) is 0.533. The van der Waals surface area contributed by atoms with Gasteiger partial charge in [-0.05, 0) is 36.3 Å². The van der Waals surface area contributed by atoms with E-state index in [2.05, 4.69) is 31.2 Å². The van der Waals surface area contributed by atoms with Gasteiger partial charge in [0.2, 0.25) is 5.91 Å². The summed E-state index contributed by atoms with van der Waals surface area (Å²) in [5, 5.41) is 0. The minimum atomic E-state index is 0.213. The Balaban J connectivity index is 1.97. The van der Waals surface area contributed by atoms with Crippen LogP contribution in [0.1, 0.15) is 43.7 Å². The number of nitrogens with zero attached hydrogens (tertiary/aromatic N) is 1. The minimum absolute atomic E-state index is 0.213. The average Bonchev–Trinajstić information content (AvgIpc) is 2.39. The van der Waals surface area contributed by atoms with Crippen LogP contribution < -0.4 is 0 Å². The lowest BCUT2D eigenvalue weighted by molar-refractivity contribution is -0.129. The number of aryl methyl sites for hydroxylation is 1. The van der Waals surface area contributed by atoms with Crippen LogP contribution in [-0.2, 0) is 11.2 Å². The number of benzene rings is 1. The second-order valence-electron chi connectivity index (χ2n) is 4.88. The highest BCUT2D eigenvalue weighted by atomic mass is 16.2. The highest BCUT2D eigenvalue weighted by Crippen LogP contribution is 2.28. The normalized spacial score (nSPS) is 17.2. The maximum Gasteiger partial charge on any atom is 0.219 e. The Morgan fingerprint density at radius 1 is 1.24 bits per heavy atom. The standard InChI is InChI=1S/C15H21NO/c1-3-13-4-6-14(7-5-13)15-8-10-16(11-9-15)12(2)17/h4-7,15H,3,8-11H2,1-2H3. The summed E-state index contributed by atoms with van der Waals surface area (Å²) < 4.78 is 0. The van der Waals surface area contributed by atoms with Crippen molar-refractivity contribution in [1.29, 1.82) is 0 Å². The molecule has 0 radical (unpaired) electrons. The van der Waals surface area contributed by atoms with Crippen LogP contribution in [0.4, 0.5) is 0 Å². The van der Waals surface area contributed by atoms with Gasteiger partial charge < -0.3 is 4.90 Å². The summed E-state index contributed by atoms with van der Waals surface area (Å²) >= 11 is 0. The number of hydrogen-bond donors (Lipinski definition) is 0. The number of carbonyl (C=O) groups excluding carboxylic acids is 1. The van der Waals surface area contributed by atoms with Crippen molar-refractivity contribution in [3.05, 3.63) is 35.4 Å². The highest BCUT2D eigenvalue weighted by Gasteiger charge is 2.21. The lowest BCUT2D eigenvalue weighted by Crippen LogP contribution is -2.36. The molecule has 17 heavy (non-hydrogen) atoms. The molecule has 2 heteroatoms. The molecule has 1 aromatic carbocycles. The summed E-state index contributed by atoms with van der Waals surface area (Å²) in [6, 6.07) is 8.97. The quantitative estimate of drug-likeness (QED) is 0.766. The fourth-order valence-corrected chi connectivity index (χ4v) is 2.55. The van der Waals surface area contributed by atoms with Gasteiger partial charge in [0, 0.05) is 20.0 Å². The van der Waals surface area contributed by atoms with Gasteiger partial charge in [0.1, 0.15) is 0 Å². The number of carbonyl (C=O) groups is 1. The summed E-state index contributed by atoms with van der Waals surface area (Å²) in [6.45, 7) is 5.67.